The van der Waals surface area contributed by atoms with Gasteiger partial charge < -0.3 is 9.84 Å². The number of ether oxygens (including phenoxy) is 1. The molecule has 1 aromatic rings. The third-order valence-corrected chi connectivity index (χ3v) is 4.62. The molecule has 0 amide bonds. The van der Waals surface area contributed by atoms with Gasteiger partial charge in [-0.2, -0.15) is 0 Å². The Hall–Kier alpha value is -1.02. The monoisotopic (exact) mass is 246 g/mol. The summed E-state index contributed by atoms with van der Waals surface area (Å²) in [6.07, 6.45) is 5.92. The maximum absolute atomic E-state index is 10.6. The standard InChI is InChI=1S/C16H22O2/c1-2-3-11-18-13-9-7-12(8-10-13)16(17)14-5-4-6-15(14)16/h7-10,14-15,17H,2-6,11H2,1H3. The molecule has 2 aliphatic rings. The normalized spacial score (nSPS) is 33.2. The third kappa shape index (κ3) is 1.83. The summed E-state index contributed by atoms with van der Waals surface area (Å²) in [5.41, 5.74) is 0.570. The Bertz CT molecular complexity index is 400. The van der Waals surface area contributed by atoms with Gasteiger partial charge in [-0.25, -0.2) is 0 Å². The van der Waals surface area contributed by atoms with Crippen molar-refractivity contribution in [2.24, 2.45) is 11.8 Å². The molecule has 0 heterocycles. The molecule has 0 bridgehead atoms. The van der Waals surface area contributed by atoms with Crippen molar-refractivity contribution in [1.82, 2.24) is 0 Å². The van der Waals surface area contributed by atoms with Crippen LogP contribution in [0.3, 0.4) is 0 Å². The van der Waals surface area contributed by atoms with Gasteiger partial charge in [0.25, 0.3) is 0 Å². The van der Waals surface area contributed by atoms with Crippen LogP contribution in [0.15, 0.2) is 24.3 Å². The first-order valence-corrected chi connectivity index (χ1v) is 7.22. The zero-order valence-electron chi connectivity index (χ0n) is 11.1. The summed E-state index contributed by atoms with van der Waals surface area (Å²) >= 11 is 0. The average molecular weight is 246 g/mol. The van der Waals surface area contributed by atoms with Crippen LogP contribution in [-0.4, -0.2) is 11.7 Å². The van der Waals surface area contributed by atoms with Crippen molar-refractivity contribution < 1.29 is 9.84 Å². The molecule has 1 N–H and O–H groups in total. The molecule has 2 fully saturated rings. The lowest BCUT2D eigenvalue weighted by molar-refractivity contribution is 0.105. The highest BCUT2D eigenvalue weighted by Gasteiger charge is 2.66. The van der Waals surface area contributed by atoms with Crippen LogP contribution in [0.5, 0.6) is 5.75 Å². The number of benzene rings is 1. The number of hydrogen-bond acceptors (Lipinski definition) is 2. The summed E-state index contributed by atoms with van der Waals surface area (Å²) in [5, 5.41) is 10.6. The summed E-state index contributed by atoms with van der Waals surface area (Å²) in [4.78, 5) is 0. The topological polar surface area (TPSA) is 29.5 Å². The van der Waals surface area contributed by atoms with Gasteiger partial charge in [0.1, 0.15) is 5.75 Å². The summed E-state index contributed by atoms with van der Waals surface area (Å²) in [7, 11) is 0. The molecular weight excluding hydrogens is 224 g/mol. The quantitative estimate of drug-likeness (QED) is 0.806. The minimum absolute atomic E-state index is 0.514. The van der Waals surface area contributed by atoms with E-state index in [1.807, 2.05) is 24.3 Å². The van der Waals surface area contributed by atoms with Gasteiger partial charge in [0.2, 0.25) is 0 Å². The molecule has 1 aromatic carbocycles. The van der Waals surface area contributed by atoms with Crippen molar-refractivity contribution in [3.05, 3.63) is 29.8 Å². The summed E-state index contributed by atoms with van der Waals surface area (Å²) < 4.78 is 5.65. The highest BCUT2D eigenvalue weighted by molar-refractivity contribution is 5.37. The van der Waals surface area contributed by atoms with Crippen LogP contribution in [0.25, 0.3) is 0 Å². The molecule has 0 spiro atoms. The summed E-state index contributed by atoms with van der Waals surface area (Å²) in [6.45, 7) is 2.94. The predicted molar refractivity (Wildman–Crippen MR) is 71.6 cm³/mol. The minimum Gasteiger partial charge on any atom is -0.494 e. The Labute approximate surface area is 109 Å². The molecule has 0 saturated heterocycles. The van der Waals surface area contributed by atoms with Crippen LogP contribution in [-0.2, 0) is 5.60 Å². The van der Waals surface area contributed by atoms with Gasteiger partial charge in [-0.15, -0.1) is 0 Å². The Morgan fingerprint density at radius 3 is 2.50 bits per heavy atom. The molecule has 18 heavy (non-hydrogen) atoms. The van der Waals surface area contributed by atoms with Gasteiger partial charge in [-0.05, 0) is 48.8 Å². The first kappa shape index (κ1) is 12.0. The molecule has 0 aromatic heterocycles. The molecular formula is C16H22O2. The van der Waals surface area contributed by atoms with Crippen LogP contribution in [0, 0.1) is 11.8 Å². The van der Waals surface area contributed by atoms with E-state index in [9.17, 15) is 5.11 Å². The van der Waals surface area contributed by atoms with E-state index < -0.39 is 5.60 Å². The van der Waals surface area contributed by atoms with Gasteiger partial charge in [0, 0.05) is 0 Å². The summed E-state index contributed by atoms with van der Waals surface area (Å²) in [5.74, 6) is 1.95. The Kier molecular flexibility index (Phi) is 3.06. The van der Waals surface area contributed by atoms with Crippen LogP contribution < -0.4 is 4.74 Å². The SMILES string of the molecule is CCCCOc1ccc(C2(O)C3CCCC32)cc1. The second-order valence-corrected chi connectivity index (χ2v) is 5.70. The zero-order valence-corrected chi connectivity index (χ0v) is 11.1. The third-order valence-electron chi connectivity index (χ3n) is 4.62. The van der Waals surface area contributed by atoms with Crippen LogP contribution in [0.4, 0.5) is 0 Å². The number of hydrogen-bond donors (Lipinski definition) is 1. The maximum atomic E-state index is 10.6. The fourth-order valence-corrected chi connectivity index (χ4v) is 3.50. The van der Waals surface area contributed by atoms with Crippen molar-refractivity contribution in [2.75, 3.05) is 6.61 Å². The van der Waals surface area contributed by atoms with Gasteiger partial charge in [-0.3, -0.25) is 0 Å². The van der Waals surface area contributed by atoms with Gasteiger partial charge in [0.05, 0.1) is 12.2 Å². The second-order valence-electron chi connectivity index (χ2n) is 5.70. The van der Waals surface area contributed by atoms with Gasteiger partial charge in [0.15, 0.2) is 0 Å². The van der Waals surface area contributed by atoms with Crippen molar-refractivity contribution in [3.8, 4) is 5.75 Å². The fourth-order valence-electron chi connectivity index (χ4n) is 3.50. The highest BCUT2D eigenvalue weighted by atomic mass is 16.5. The number of aliphatic hydroxyl groups is 1. The predicted octanol–water partition coefficient (Wildman–Crippen LogP) is 3.48. The maximum Gasteiger partial charge on any atom is 0.119 e. The van der Waals surface area contributed by atoms with Gasteiger partial charge in [-0.1, -0.05) is 31.9 Å². The molecule has 2 unspecified atom stereocenters. The van der Waals surface area contributed by atoms with E-state index >= 15 is 0 Å². The van der Waals surface area contributed by atoms with Gasteiger partial charge >= 0.3 is 0 Å². The fraction of sp³-hybridized carbons (Fsp3) is 0.625. The lowest BCUT2D eigenvalue weighted by Gasteiger charge is -2.15. The Balaban J connectivity index is 1.65. The molecule has 2 atom stereocenters. The molecule has 2 saturated carbocycles. The second kappa shape index (κ2) is 4.58. The number of unbranched alkanes of at least 4 members (excludes halogenated alkanes) is 1. The highest BCUT2D eigenvalue weighted by Crippen LogP contribution is 2.66. The van der Waals surface area contributed by atoms with E-state index in [0.29, 0.717) is 11.8 Å². The lowest BCUT2D eigenvalue weighted by Crippen LogP contribution is -2.12. The molecule has 0 radical (unpaired) electrons. The van der Waals surface area contributed by atoms with E-state index in [1.165, 1.54) is 19.3 Å². The first-order valence-electron chi connectivity index (χ1n) is 7.22. The van der Waals surface area contributed by atoms with E-state index in [1.54, 1.807) is 0 Å². The summed E-state index contributed by atoms with van der Waals surface area (Å²) in [6, 6.07) is 8.08. The van der Waals surface area contributed by atoms with E-state index in [-0.39, 0.29) is 0 Å². The smallest absolute Gasteiger partial charge is 0.119 e. The van der Waals surface area contributed by atoms with Crippen molar-refractivity contribution in [3.63, 3.8) is 0 Å². The van der Waals surface area contributed by atoms with E-state index in [2.05, 4.69) is 6.92 Å². The average Bonchev–Trinajstić information content (AvgIpc) is 2.80. The Morgan fingerprint density at radius 2 is 1.89 bits per heavy atom. The van der Waals surface area contributed by atoms with Crippen molar-refractivity contribution in [2.45, 2.75) is 44.6 Å². The van der Waals surface area contributed by atoms with Crippen LogP contribution >= 0.6 is 0 Å². The van der Waals surface area contributed by atoms with Crippen molar-refractivity contribution in [1.29, 1.82) is 0 Å². The minimum atomic E-state index is -0.514. The molecule has 0 aliphatic heterocycles. The van der Waals surface area contributed by atoms with Crippen molar-refractivity contribution >= 4 is 0 Å². The number of rotatable bonds is 5. The van der Waals surface area contributed by atoms with Crippen LogP contribution in [0.1, 0.15) is 44.6 Å². The van der Waals surface area contributed by atoms with E-state index in [0.717, 1.165) is 30.8 Å². The largest absolute Gasteiger partial charge is 0.494 e. The number of fused-ring (bicyclic) bond motifs is 1. The zero-order chi connectivity index (χ0) is 12.6. The molecule has 3 rings (SSSR count). The molecule has 98 valence electrons. The van der Waals surface area contributed by atoms with E-state index in [4.69, 9.17) is 4.74 Å². The molecule has 2 nitrogen and oxygen atoms in total. The lowest BCUT2D eigenvalue weighted by atomic mass is 9.99. The molecule has 2 heteroatoms. The Morgan fingerprint density at radius 1 is 1.22 bits per heavy atom. The molecule has 2 aliphatic carbocycles. The van der Waals surface area contributed by atoms with Crippen LogP contribution in [0.2, 0.25) is 0 Å². The first-order chi connectivity index (χ1) is 8.76.